The first-order chi connectivity index (χ1) is 13.7. The number of fused-ring (bicyclic) bond motifs is 3. The number of furan rings is 1. The van der Waals surface area contributed by atoms with E-state index in [9.17, 15) is 9.18 Å². The molecule has 1 aliphatic carbocycles. The van der Waals surface area contributed by atoms with Crippen LogP contribution in [-0.2, 0) is 17.8 Å². The highest BCUT2D eigenvalue weighted by atomic mass is 19.1. The molecule has 1 fully saturated rings. The lowest BCUT2D eigenvalue weighted by molar-refractivity contribution is -0.131. The van der Waals surface area contributed by atoms with Gasteiger partial charge in [0.25, 0.3) is 0 Å². The molecule has 3 aromatic carbocycles. The van der Waals surface area contributed by atoms with Gasteiger partial charge in [-0.05, 0) is 35.7 Å². The van der Waals surface area contributed by atoms with Crippen molar-refractivity contribution in [3.8, 4) is 0 Å². The van der Waals surface area contributed by atoms with E-state index in [0.29, 0.717) is 12.1 Å². The second-order valence-corrected chi connectivity index (χ2v) is 7.44. The van der Waals surface area contributed by atoms with E-state index in [1.165, 1.54) is 6.07 Å². The minimum absolute atomic E-state index is 0.0152. The van der Waals surface area contributed by atoms with Crippen LogP contribution in [0.1, 0.15) is 24.0 Å². The summed E-state index contributed by atoms with van der Waals surface area (Å²) in [4.78, 5) is 15.0. The molecule has 0 aliphatic heterocycles. The van der Waals surface area contributed by atoms with Crippen LogP contribution in [0.2, 0.25) is 0 Å². The van der Waals surface area contributed by atoms with Crippen molar-refractivity contribution in [1.82, 2.24) is 4.90 Å². The first kappa shape index (κ1) is 17.0. The normalized spacial score (nSPS) is 13.9. The van der Waals surface area contributed by atoms with Crippen LogP contribution in [0.4, 0.5) is 4.39 Å². The molecule has 0 bridgehead atoms. The third-order valence-electron chi connectivity index (χ3n) is 5.49. The number of halogens is 1. The van der Waals surface area contributed by atoms with Gasteiger partial charge in [0.1, 0.15) is 11.4 Å². The third kappa shape index (κ3) is 3.05. The number of hydrogen-bond acceptors (Lipinski definition) is 2. The molecule has 5 rings (SSSR count). The number of rotatable bonds is 5. The van der Waals surface area contributed by atoms with Crippen LogP contribution >= 0.6 is 0 Å². The Morgan fingerprint density at radius 3 is 2.61 bits per heavy atom. The van der Waals surface area contributed by atoms with E-state index in [0.717, 1.165) is 40.1 Å². The third-order valence-corrected chi connectivity index (χ3v) is 5.49. The summed E-state index contributed by atoms with van der Waals surface area (Å²) in [6, 6.07) is 19.0. The highest BCUT2D eigenvalue weighted by Gasteiger charge is 2.33. The summed E-state index contributed by atoms with van der Waals surface area (Å²) < 4.78 is 19.8. The molecule has 1 heterocycles. The molecule has 0 unspecified atom stereocenters. The number of carbonyl (C=O) groups excluding carboxylic acids is 1. The van der Waals surface area contributed by atoms with E-state index in [-0.39, 0.29) is 24.2 Å². The van der Waals surface area contributed by atoms with Crippen LogP contribution in [-0.4, -0.2) is 16.8 Å². The molecule has 28 heavy (non-hydrogen) atoms. The van der Waals surface area contributed by atoms with Crippen LogP contribution in [0.5, 0.6) is 0 Å². The monoisotopic (exact) mass is 373 g/mol. The first-order valence-electron chi connectivity index (χ1n) is 9.61. The van der Waals surface area contributed by atoms with Gasteiger partial charge in [0.05, 0.1) is 12.7 Å². The maximum atomic E-state index is 14.1. The number of carbonyl (C=O) groups is 1. The molecule has 0 saturated heterocycles. The van der Waals surface area contributed by atoms with Crippen molar-refractivity contribution in [1.29, 1.82) is 0 Å². The maximum Gasteiger partial charge on any atom is 0.227 e. The zero-order valence-electron chi connectivity index (χ0n) is 15.4. The van der Waals surface area contributed by atoms with Crippen molar-refractivity contribution in [2.75, 3.05) is 0 Å². The Morgan fingerprint density at radius 1 is 1.00 bits per heavy atom. The van der Waals surface area contributed by atoms with Crippen molar-refractivity contribution in [3.63, 3.8) is 0 Å². The Bertz CT molecular complexity index is 1180. The molecule has 4 aromatic rings. The van der Waals surface area contributed by atoms with Gasteiger partial charge in [0, 0.05) is 29.1 Å². The van der Waals surface area contributed by atoms with Crippen molar-refractivity contribution >= 4 is 27.6 Å². The molecular formula is C24H20FNO2. The first-order valence-corrected chi connectivity index (χ1v) is 9.61. The van der Waals surface area contributed by atoms with Crippen molar-refractivity contribution in [3.05, 3.63) is 83.9 Å². The molecule has 0 N–H and O–H groups in total. The van der Waals surface area contributed by atoms with Gasteiger partial charge in [0.15, 0.2) is 0 Å². The zero-order valence-corrected chi connectivity index (χ0v) is 15.4. The lowest BCUT2D eigenvalue weighted by Crippen LogP contribution is -2.34. The molecular weight excluding hydrogens is 353 g/mol. The number of nitrogens with zero attached hydrogens (tertiary/aromatic N) is 1. The Morgan fingerprint density at radius 2 is 1.79 bits per heavy atom. The van der Waals surface area contributed by atoms with E-state index in [1.54, 1.807) is 18.4 Å². The molecule has 4 heteroatoms. The molecule has 0 atom stereocenters. The fourth-order valence-electron chi connectivity index (χ4n) is 3.89. The average Bonchev–Trinajstić information content (AvgIpc) is 3.47. The van der Waals surface area contributed by atoms with Gasteiger partial charge in [-0.1, -0.05) is 48.5 Å². The van der Waals surface area contributed by atoms with Crippen LogP contribution in [0, 0.1) is 5.82 Å². The minimum atomic E-state index is -0.263. The van der Waals surface area contributed by atoms with E-state index in [1.807, 2.05) is 35.2 Å². The summed E-state index contributed by atoms with van der Waals surface area (Å²) in [5.74, 6) is -0.248. The Hall–Kier alpha value is -3.14. The number of amides is 1. The predicted octanol–water partition coefficient (Wildman–Crippen LogP) is 5.46. The van der Waals surface area contributed by atoms with Crippen LogP contribution < -0.4 is 0 Å². The summed E-state index contributed by atoms with van der Waals surface area (Å²) in [6.45, 7) is 0.312. The van der Waals surface area contributed by atoms with E-state index in [2.05, 4.69) is 12.1 Å². The van der Waals surface area contributed by atoms with Crippen LogP contribution in [0.3, 0.4) is 0 Å². The standard InChI is InChI=1S/C24H20FNO2/c25-21-8-4-2-6-17(21)14-26(19-10-11-19)23(27)13-18-15-28-22-12-9-16-5-1-3-7-20(16)24(18)22/h1-9,12,15,19H,10-11,13-14H2. The highest BCUT2D eigenvalue weighted by Crippen LogP contribution is 2.33. The van der Waals surface area contributed by atoms with E-state index >= 15 is 0 Å². The van der Waals surface area contributed by atoms with Crippen LogP contribution in [0.25, 0.3) is 21.7 Å². The van der Waals surface area contributed by atoms with Crippen LogP contribution in [0.15, 0.2) is 71.3 Å². The molecule has 1 amide bonds. The second kappa shape index (κ2) is 6.79. The fourth-order valence-corrected chi connectivity index (χ4v) is 3.89. The largest absolute Gasteiger partial charge is 0.464 e. The zero-order chi connectivity index (χ0) is 19.1. The molecule has 0 spiro atoms. The summed E-state index contributed by atoms with van der Waals surface area (Å²) in [5, 5.41) is 3.20. The average molecular weight is 373 g/mol. The summed E-state index contributed by atoms with van der Waals surface area (Å²) in [7, 11) is 0. The van der Waals surface area contributed by atoms with E-state index < -0.39 is 0 Å². The Balaban J connectivity index is 1.47. The van der Waals surface area contributed by atoms with Crippen molar-refractivity contribution < 1.29 is 13.6 Å². The van der Waals surface area contributed by atoms with Gasteiger partial charge in [-0.2, -0.15) is 0 Å². The maximum absolute atomic E-state index is 14.1. The van der Waals surface area contributed by atoms with Gasteiger partial charge in [-0.25, -0.2) is 4.39 Å². The van der Waals surface area contributed by atoms with Gasteiger partial charge in [-0.15, -0.1) is 0 Å². The summed E-state index contributed by atoms with van der Waals surface area (Å²) in [5.41, 5.74) is 2.23. The van der Waals surface area contributed by atoms with Crippen molar-refractivity contribution in [2.24, 2.45) is 0 Å². The highest BCUT2D eigenvalue weighted by molar-refractivity contribution is 6.08. The minimum Gasteiger partial charge on any atom is -0.464 e. The molecule has 140 valence electrons. The SMILES string of the molecule is O=C(Cc1coc2ccc3ccccc3c12)N(Cc1ccccc1F)C1CC1. The lowest BCUT2D eigenvalue weighted by atomic mass is 10.0. The molecule has 1 aliphatic rings. The molecule has 1 aromatic heterocycles. The Labute approximate surface area is 162 Å². The van der Waals surface area contributed by atoms with Crippen molar-refractivity contribution in [2.45, 2.75) is 31.8 Å². The fraction of sp³-hybridized carbons (Fsp3) is 0.208. The molecule has 1 saturated carbocycles. The second-order valence-electron chi connectivity index (χ2n) is 7.44. The quantitative estimate of drug-likeness (QED) is 0.465. The van der Waals surface area contributed by atoms with Gasteiger partial charge < -0.3 is 9.32 Å². The van der Waals surface area contributed by atoms with Gasteiger partial charge in [0.2, 0.25) is 5.91 Å². The summed E-state index contributed by atoms with van der Waals surface area (Å²) >= 11 is 0. The topological polar surface area (TPSA) is 33.5 Å². The Kier molecular flexibility index (Phi) is 4.12. The molecule has 0 radical (unpaired) electrons. The van der Waals surface area contributed by atoms with Gasteiger partial charge in [-0.3, -0.25) is 4.79 Å². The predicted molar refractivity (Wildman–Crippen MR) is 107 cm³/mol. The number of hydrogen-bond donors (Lipinski definition) is 0. The molecule has 3 nitrogen and oxygen atoms in total. The van der Waals surface area contributed by atoms with Gasteiger partial charge >= 0.3 is 0 Å². The lowest BCUT2D eigenvalue weighted by Gasteiger charge is -2.23. The smallest absolute Gasteiger partial charge is 0.227 e. The van der Waals surface area contributed by atoms with E-state index in [4.69, 9.17) is 4.42 Å². The number of benzene rings is 3. The summed E-state index contributed by atoms with van der Waals surface area (Å²) in [6.07, 6.45) is 3.90.